The van der Waals surface area contributed by atoms with Gasteiger partial charge in [0.1, 0.15) is 0 Å². The number of hydrogen-bond acceptors (Lipinski definition) is 4. The average Bonchev–Trinajstić information content (AvgIpc) is 2.47. The van der Waals surface area contributed by atoms with E-state index in [-0.39, 0.29) is 0 Å². The zero-order valence-corrected chi connectivity index (χ0v) is 12.3. The molecule has 5 nitrogen and oxygen atoms in total. The van der Waals surface area contributed by atoms with Gasteiger partial charge in [-0.05, 0) is 38.8 Å². The maximum absolute atomic E-state index is 11.3. The van der Waals surface area contributed by atoms with Crippen LogP contribution in [0.2, 0.25) is 0 Å². The second-order valence-corrected chi connectivity index (χ2v) is 5.97. The van der Waals surface area contributed by atoms with Crippen LogP contribution in [0.1, 0.15) is 25.5 Å². The Hall–Kier alpha value is -2.17. The smallest absolute Gasteiger partial charge is 0.309 e. The molecule has 1 aromatic heterocycles. The lowest BCUT2D eigenvalue weighted by Crippen LogP contribution is -2.43. The fraction of sp³-hybridized carbons (Fsp3) is 0.438. The summed E-state index contributed by atoms with van der Waals surface area (Å²) in [5.41, 5.74) is 2.05. The molecule has 0 bridgehead atoms. The molecule has 0 aliphatic carbocycles. The number of para-hydroxylation sites is 2. The van der Waals surface area contributed by atoms with Crippen LogP contribution >= 0.6 is 0 Å². The molecule has 1 N–H and O–H groups in total. The van der Waals surface area contributed by atoms with Gasteiger partial charge < -0.3 is 10.0 Å². The molecule has 0 spiro atoms. The fourth-order valence-corrected chi connectivity index (χ4v) is 2.80. The molecule has 1 saturated heterocycles. The molecule has 1 aliphatic rings. The molecule has 1 fully saturated rings. The van der Waals surface area contributed by atoms with Crippen molar-refractivity contribution in [1.29, 1.82) is 0 Å². The predicted molar refractivity (Wildman–Crippen MR) is 81.5 cm³/mol. The van der Waals surface area contributed by atoms with Crippen LogP contribution in [0.15, 0.2) is 24.3 Å². The standard InChI is InChI=1S/C16H19N3O2/c1-11-14(18-13-6-4-3-5-12(13)17-11)19-9-7-16(2,8-10-19)15(20)21/h3-6H,7-10H2,1-2H3,(H,20,21). The van der Waals surface area contributed by atoms with Gasteiger partial charge in [-0.3, -0.25) is 4.79 Å². The molecule has 1 aromatic carbocycles. The summed E-state index contributed by atoms with van der Waals surface area (Å²) in [4.78, 5) is 22.8. The maximum atomic E-state index is 11.3. The van der Waals surface area contributed by atoms with Gasteiger partial charge in [0.2, 0.25) is 0 Å². The number of anilines is 1. The summed E-state index contributed by atoms with van der Waals surface area (Å²) >= 11 is 0. The van der Waals surface area contributed by atoms with E-state index in [0.717, 1.165) is 22.5 Å². The number of carbonyl (C=O) groups is 1. The van der Waals surface area contributed by atoms with Gasteiger partial charge in [0.15, 0.2) is 5.82 Å². The van der Waals surface area contributed by atoms with Crippen molar-refractivity contribution in [3.05, 3.63) is 30.0 Å². The minimum absolute atomic E-state index is 0.616. The zero-order chi connectivity index (χ0) is 15.0. The number of benzene rings is 1. The number of hydrogen-bond donors (Lipinski definition) is 1. The van der Waals surface area contributed by atoms with Crippen LogP contribution in [0, 0.1) is 12.3 Å². The summed E-state index contributed by atoms with van der Waals surface area (Å²) in [6.45, 7) is 5.19. The van der Waals surface area contributed by atoms with Gasteiger partial charge in [-0.2, -0.15) is 0 Å². The predicted octanol–water partition coefficient (Wildman–Crippen LogP) is 2.63. The molecule has 0 amide bonds. The van der Waals surface area contributed by atoms with Gasteiger partial charge in [0.25, 0.3) is 0 Å². The highest BCUT2D eigenvalue weighted by molar-refractivity contribution is 5.77. The molecular formula is C16H19N3O2. The number of aryl methyl sites for hydroxylation is 1. The normalized spacial score (nSPS) is 17.9. The number of carboxylic acid groups (broad SMARTS) is 1. The van der Waals surface area contributed by atoms with E-state index in [0.29, 0.717) is 25.9 Å². The molecule has 0 radical (unpaired) electrons. The first-order valence-corrected chi connectivity index (χ1v) is 7.21. The van der Waals surface area contributed by atoms with E-state index in [1.165, 1.54) is 0 Å². The first-order chi connectivity index (χ1) is 9.99. The number of piperidine rings is 1. The third kappa shape index (κ3) is 2.44. The van der Waals surface area contributed by atoms with E-state index in [1.807, 2.05) is 38.1 Å². The lowest BCUT2D eigenvalue weighted by atomic mass is 9.80. The van der Waals surface area contributed by atoms with Crippen molar-refractivity contribution in [2.75, 3.05) is 18.0 Å². The molecule has 21 heavy (non-hydrogen) atoms. The minimum atomic E-state index is -0.705. The van der Waals surface area contributed by atoms with Crippen LogP contribution in [0.4, 0.5) is 5.82 Å². The average molecular weight is 285 g/mol. The Kier molecular flexibility index (Phi) is 3.27. The Bertz CT molecular complexity index is 691. The molecule has 2 heterocycles. The Balaban J connectivity index is 1.88. The number of aromatic nitrogens is 2. The Labute approximate surface area is 123 Å². The van der Waals surface area contributed by atoms with Crippen LogP contribution < -0.4 is 4.90 Å². The van der Waals surface area contributed by atoms with Gasteiger partial charge in [-0.15, -0.1) is 0 Å². The first kappa shape index (κ1) is 13.8. The Morgan fingerprint density at radius 2 is 1.76 bits per heavy atom. The van der Waals surface area contributed by atoms with E-state index < -0.39 is 11.4 Å². The van der Waals surface area contributed by atoms with E-state index >= 15 is 0 Å². The summed E-state index contributed by atoms with van der Waals surface area (Å²) in [7, 11) is 0. The molecule has 1 aliphatic heterocycles. The summed E-state index contributed by atoms with van der Waals surface area (Å²) in [6, 6.07) is 7.82. The third-order valence-electron chi connectivity index (χ3n) is 4.40. The van der Waals surface area contributed by atoms with Crippen molar-refractivity contribution in [3.63, 3.8) is 0 Å². The topological polar surface area (TPSA) is 66.3 Å². The lowest BCUT2D eigenvalue weighted by Gasteiger charge is -2.37. The summed E-state index contributed by atoms with van der Waals surface area (Å²) < 4.78 is 0. The number of fused-ring (bicyclic) bond motifs is 1. The quantitative estimate of drug-likeness (QED) is 0.918. The third-order valence-corrected chi connectivity index (χ3v) is 4.40. The van der Waals surface area contributed by atoms with Gasteiger partial charge in [0.05, 0.1) is 22.1 Å². The van der Waals surface area contributed by atoms with Crippen molar-refractivity contribution in [2.45, 2.75) is 26.7 Å². The van der Waals surface area contributed by atoms with Gasteiger partial charge in [-0.25, -0.2) is 9.97 Å². The molecular weight excluding hydrogens is 266 g/mol. The highest BCUT2D eigenvalue weighted by atomic mass is 16.4. The Morgan fingerprint density at radius 1 is 1.19 bits per heavy atom. The Morgan fingerprint density at radius 3 is 2.33 bits per heavy atom. The highest BCUT2D eigenvalue weighted by Crippen LogP contribution is 2.33. The van der Waals surface area contributed by atoms with Crippen LogP contribution in [0.3, 0.4) is 0 Å². The molecule has 2 aromatic rings. The van der Waals surface area contributed by atoms with Crippen LogP contribution in [0.5, 0.6) is 0 Å². The van der Waals surface area contributed by atoms with Crippen LogP contribution in [0.25, 0.3) is 11.0 Å². The summed E-state index contributed by atoms with van der Waals surface area (Å²) in [5, 5.41) is 9.30. The fourth-order valence-electron chi connectivity index (χ4n) is 2.80. The van der Waals surface area contributed by atoms with Crippen molar-refractivity contribution < 1.29 is 9.90 Å². The van der Waals surface area contributed by atoms with Gasteiger partial charge in [0, 0.05) is 13.1 Å². The van der Waals surface area contributed by atoms with Crippen LogP contribution in [-0.4, -0.2) is 34.1 Å². The SMILES string of the molecule is Cc1nc2ccccc2nc1N1CCC(C)(C(=O)O)CC1. The molecule has 3 rings (SSSR count). The number of nitrogens with zero attached hydrogens (tertiary/aromatic N) is 3. The second kappa shape index (κ2) is 4.98. The van der Waals surface area contributed by atoms with Crippen molar-refractivity contribution in [2.24, 2.45) is 5.41 Å². The number of carboxylic acids is 1. The van der Waals surface area contributed by atoms with Crippen molar-refractivity contribution >= 4 is 22.8 Å². The summed E-state index contributed by atoms with van der Waals surface area (Å²) in [6.07, 6.45) is 1.27. The number of rotatable bonds is 2. The second-order valence-electron chi connectivity index (χ2n) is 5.97. The maximum Gasteiger partial charge on any atom is 0.309 e. The largest absolute Gasteiger partial charge is 0.481 e. The number of aliphatic carboxylic acids is 1. The van der Waals surface area contributed by atoms with E-state index in [1.54, 1.807) is 0 Å². The molecule has 0 atom stereocenters. The molecule has 0 saturated carbocycles. The lowest BCUT2D eigenvalue weighted by molar-refractivity contribution is -0.149. The van der Waals surface area contributed by atoms with Crippen LogP contribution in [-0.2, 0) is 4.79 Å². The van der Waals surface area contributed by atoms with Gasteiger partial charge >= 0.3 is 5.97 Å². The van der Waals surface area contributed by atoms with E-state index in [2.05, 4.69) is 9.88 Å². The first-order valence-electron chi connectivity index (χ1n) is 7.21. The van der Waals surface area contributed by atoms with E-state index in [9.17, 15) is 9.90 Å². The molecule has 0 unspecified atom stereocenters. The van der Waals surface area contributed by atoms with Crippen molar-refractivity contribution in [3.8, 4) is 0 Å². The molecule has 5 heteroatoms. The monoisotopic (exact) mass is 285 g/mol. The zero-order valence-electron chi connectivity index (χ0n) is 12.3. The highest BCUT2D eigenvalue weighted by Gasteiger charge is 2.37. The minimum Gasteiger partial charge on any atom is -0.481 e. The van der Waals surface area contributed by atoms with Gasteiger partial charge in [-0.1, -0.05) is 12.1 Å². The summed E-state index contributed by atoms with van der Waals surface area (Å²) in [5.74, 6) is 0.171. The van der Waals surface area contributed by atoms with Crippen molar-refractivity contribution in [1.82, 2.24) is 9.97 Å². The van der Waals surface area contributed by atoms with E-state index in [4.69, 9.17) is 4.98 Å². The molecule has 110 valence electrons.